The molecule has 1 heterocycles. The third-order valence-electron chi connectivity index (χ3n) is 4.17. The topological polar surface area (TPSA) is 93.1 Å². The number of nitrogens with zero attached hydrogens (tertiary/aromatic N) is 2. The van der Waals surface area contributed by atoms with Crippen molar-refractivity contribution in [2.45, 2.75) is 18.0 Å². The summed E-state index contributed by atoms with van der Waals surface area (Å²) in [4.78, 5) is 16.5. The molecule has 8 heteroatoms. The van der Waals surface area contributed by atoms with Crippen LogP contribution in [-0.2, 0) is 23.1 Å². The Balaban J connectivity index is 1.68. The Morgan fingerprint density at radius 3 is 2.41 bits per heavy atom. The Morgan fingerprint density at radius 2 is 1.78 bits per heavy atom. The van der Waals surface area contributed by atoms with Crippen LogP contribution in [-0.4, -0.2) is 30.9 Å². The van der Waals surface area contributed by atoms with Crippen molar-refractivity contribution in [1.29, 1.82) is 0 Å². The van der Waals surface area contributed by atoms with Gasteiger partial charge in [-0.25, -0.2) is 18.1 Å². The number of benzene rings is 2. The molecule has 1 aromatic heterocycles. The number of aromatic nitrogens is 2. The number of hydrogen-bond donors (Lipinski definition) is 2. The summed E-state index contributed by atoms with van der Waals surface area (Å²) in [7, 11) is -2.17. The van der Waals surface area contributed by atoms with Gasteiger partial charge in [-0.1, -0.05) is 24.3 Å². The maximum Gasteiger partial charge on any atom is 0.251 e. The van der Waals surface area contributed by atoms with E-state index in [1.54, 1.807) is 12.5 Å². The second kappa shape index (κ2) is 8.15. The van der Waals surface area contributed by atoms with Gasteiger partial charge in [0.25, 0.3) is 5.91 Å². The molecular weight excluding hydrogens is 364 g/mol. The second-order valence-corrected chi connectivity index (χ2v) is 7.80. The molecule has 0 spiro atoms. The molecule has 0 fully saturated rings. The fourth-order valence-electron chi connectivity index (χ4n) is 2.64. The molecule has 2 aromatic carbocycles. The minimum absolute atomic E-state index is 0.118. The van der Waals surface area contributed by atoms with Crippen molar-refractivity contribution in [1.82, 2.24) is 19.6 Å². The van der Waals surface area contributed by atoms with Crippen molar-refractivity contribution in [3.8, 4) is 0 Å². The van der Waals surface area contributed by atoms with Crippen LogP contribution < -0.4 is 10.0 Å². The highest BCUT2D eigenvalue weighted by atomic mass is 32.2. The van der Waals surface area contributed by atoms with E-state index in [-0.39, 0.29) is 10.8 Å². The van der Waals surface area contributed by atoms with E-state index in [9.17, 15) is 13.2 Å². The van der Waals surface area contributed by atoms with Gasteiger partial charge in [0, 0.05) is 31.0 Å². The standard InChI is InChI=1S/C19H20N4O3S/c1-20-27(25,26)18-8-6-15(7-9-18)19(24)22-12-16-4-2-3-5-17(16)13-23-11-10-21-14-23/h2-11,14,20H,12-13H2,1H3,(H,22,24). The summed E-state index contributed by atoms with van der Waals surface area (Å²) in [6, 6.07) is 13.7. The first-order chi connectivity index (χ1) is 13.0. The molecule has 140 valence electrons. The van der Waals surface area contributed by atoms with Crippen molar-refractivity contribution in [3.63, 3.8) is 0 Å². The predicted octanol–water partition coefficient (Wildman–Crippen LogP) is 1.77. The maximum atomic E-state index is 12.4. The third-order valence-corrected chi connectivity index (χ3v) is 5.60. The molecule has 0 aliphatic rings. The molecule has 0 bridgehead atoms. The highest BCUT2D eigenvalue weighted by Crippen LogP contribution is 2.12. The number of rotatable bonds is 7. The summed E-state index contributed by atoms with van der Waals surface area (Å²) in [5.41, 5.74) is 2.50. The Bertz CT molecular complexity index is 1010. The molecule has 0 unspecified atom stereocenters. The molecule has 1 amide bonds. The fourth-order valence-corrected chi connectivity index (χ4v) is 3.37. The molecule has 7 nitrogen and oxygen atoms in total. The number of nitrogens with one attached hydrogen (secondary N) is 2. The van der Waals surface area contributed by atoms with Crippen LogP contribution in [0.3, 0.4) is 0 Å². The largest absolute Gasteiger partial charge is 0.348 e. The zero-order valence-corrected chi connectivity index (χ0v) is 15.6. The summed E-state index contributed by atoms with van der Waals surface area (Å²) >= 11 is 0. The zero-order chi connectivity index (χ0) is 19.3. The van der Waals surface area contributed by atoms with E-state index in [4.69, 9.17) is 0 Å². The van der Waals surface area contributed by atoms with Crippen LogP contribution in [0.1, 0.15) is 21.5 Å². The molecule has 0 aliphatic carbocycles. The lowest BCUT2D eigenvalue weighted by Gasteiger charge is -2.11. The van der Waals surface area contributed by atoms with E-state index in [0.29, 0.717) is 18.7 Å². The van der Waals surface area contributed by atoms with Crippen LogP contribution in [0, 0.1) is 0 Å². The number of imidazole rings is 1. The van der Waals surface area contributed by atoms with E-state index < -0.39 is 10.0 Å². The molecule has 3 rings (SSSR count). The minimum Gasteiger partial charge on any atom is -0.348 e. The molecule has 0 saturated carbocycles. The quantitative estimate of drug-likeness (QED) is 0.649. The van der Waals surface area contributed by atoms with Gasteiger partial charge in [-0.2, -0.15) is 0 Å². The van der Waals surface area contributed by atoms with E-state index in [2.05, 4.69) is 15.0 Å². The highest BCUT2D eigenvalue weighted by Gasteiger charge is 2.13. The molecule has 0 saturated heterocycles. The van der Waals surface area contributed by atoms with Gasteiger partial charge < -0.3 is 9.88 Å². The van der Waals surface area contributed by atoms with Crippen molar-refractivity contribution in [2.75, 3.05) is 7.05 Å². The Labute approximate surface area is 158 Å². The van der Waals surface area contributed by atoms with Gasteiger partial charge >= 0.3 is 0 Å². The first-order valence-corrected chi connectivity index (χ1v) is 9.82. The van der Waals surface area contributed by atoms with Gasteiger partial charge in [-0.15, -0.1) is 0 Å². The molecular formula is C19H20N4O3S. The number of sulfonamides is 1. The summed E-state index contributed by atoms with van der Waals surface area (Å²) in [6.07, 6.45) is 5.36. The van der Waals surface area contributed by atoms with Gasteiger partial charge in [-0.05, 0) is 42.4 Å². The minimum atomic E-state index is -3.52. The van der Waals surface area contributed by atoms with Crippen LogP contribution in [0.2, 0.25) is 0 Å². The lowest BCUT2D eigenvalue weighted by Crippen LogP contribution is -2.24. The zero-order valence-electron chi connectivity index (χ0n) is 14.8. The summed E-state index contributed by atoms with van der Waals surface area (Å²) in [5, 5.41) is 2.88. The van der Waals surface area contributed by atoms with Gasteiger partial charge in [0.1, 0.15) is 0 Å². The van der Waals surface area contributed by atoms with Gasteiger partial charge in [0.05, 0.1) is 11.2 Å². The van der Waals surface area contributed by atoms with Crippen LogP contribution in [0.4, 0.5) is 0 Å². The van der Waals surface area contributed by atoms with Crippen molar-refractivity contribution in [3.05, 3.63) is 83.9 Å². The molecule has 2 N–H and O–H groups in total. The average Bonchev–Trinajstić information content (AvgIpc) is 3.20. The first kappa shape index (κ1) is 18.8. The fraction of sp³-hybridized carbons (Fsp3) is 0.158. The maximum absolute atomic E-state index is 12.4. The third kappa shape index (κ3) is 4.60. The summed E-state index contributed by atoms with van der Waals surface area (Å²) in [5.74, 6) is -0.263. The SMILES string of the molecule is CNS(=O)(=O)c1ccc(C(=O)NCc2ccccc2Cn2ccnc2)cc1. The molecule has 27 heavy (non-hydrogen) atoms. The second-order valence-electron chi connectivity index (χ2n) is 5.92. The Hall–Kier alpha value is -2.97. The Morgan fingerprint density at radius 1 is 1.07 bits per heavy atom. The van der Waals surface area contributed by atoms with Crippen molar-refractivity contribution >= 4 is 15.9 Å². The normalized spacial score (nSPS) is 11.3. The number of hydrogen-bond acceptors (Lipinski definition) is 4. The van der Waals surface area contributed by atoms with Crippen molar-refractivity contribution in [2.24, 2.45) is 0 Å². The number of carbonyl (C=O) groups is 1. The van der Waals surface area contributed by atoms with E-state index >= 15 is 0 Å². The lowest BCUT2D eigenvalue weighted by atomic mass is 10.1. The van der Waals surface area contributed by atoms with Crippen LogP contribution >= 0.6 is 0 Å². The molecule has 3 aromatic rings. The smallest absolute Gasteiger partial charge is 0.251 e. The summed E-state index contributed by atoms with van der Waals surface area (Å²) < 4.78 is 27.7. The van der Waals surface area contributed by atoms with Gasteiger partial charge in [-0.3, -0.25) is 4.79 Å². The monoisotopic (exact) mass is 384 g/mol. The van der Waals surface area contributed by atoms with Crippen LogP contribution in [0.15, 0.2) is 72.1 Å². The first-order valence-electron chi connectivity index (χ1n) is 8.34. The highest BCUT2D eigenvalue weighted by molar-refractivity contribution is 7.89. The van der Waals surface area contributed by atoms with Gasteiger partial charge in [0.15, 0.2) is 0 Å². The van der Waals surface area contributed by atoms with Gasteiger partial charge in [0.2, 0.25) is 10.0 Å². The number of amides is 1. The molecule has 0 aliphatic heterocycles. The van der Waals surface area contributed by atoms with Crippen LogP contribution in [0.25, 0.3) is 0 Å². The number of carbonyl (C=O) groups excluding carboxylic acids is 1. The summed E-state index contributed by atoms with van der Waals surface area (Å²) in [6.45, 7) is 1.04. The van der Waals surface area contributed by atoms with E-state index in [1.165, 1.54) is 31.3 Å². The molecule has 0 radical (unpaired) electrons. The van der Waals surface area contributed by atoms with Crippen molar-refractivity contribution < 1.29 is 13.2 Å². The molecule has 0 atom stereocenters. The van der Waals surface area contributed by atoms with E-state index in [0.717, 1.165) is 11.1 Å². The lowest BCUT2D eigenvalue weighted by molar-refractivity contribution is 0.0950. The Kier molecular flexibility index (Phi) is 5.68. The average molecular weight is 384 g/mol. The van der Waals surface area contributed by atoms with E-state index in [1.807, 2.05) is 35.0 Å². The predicted molar refractivity (Wildman–Crippen MR) is 102 cm³/mol. The van der Waals surface area contributed by atoms with Crippen LogP contribution in [0.5, 0.6) is 0 Å².